The van der Waals surface area contributed by atoms with E-state index >= 15 is 0 Å². The van der Waals surface area contributed by atoms with Gasteiger partial charge in [-0.1, -0.05) is 0 Å². The zero-order valence-corrected chi connectivity index (χ0v) is 14.8. The Morgan fingerprint density at radius 1 is 1.26 bits per heavy atom. The maximum Gasteiger partial charge on any atom is 0.416 e. The molecule has 27 heavy (non-hydrogen) atoms. The Bertz CT molecular complexity index is 960. The fraction of sp³-hybridized carbons (Fsp3) is 0.312. The van der Waals surface area contributed by atoms with E-state index in [2.05, 4.69) is 35.2 Å². The second kappa shape index (κ2) is 6.94. The van der Waals surface area contributed by atoms with Crippen LogP contribution in [0.25, 0.3) is 5.82 Å². The molecule has 0 aromatic carbocycles. The summed E-state index contributed by atoms with van der Waals surface area (Å²) in [7, 11) is 0. The Labute approximate surface area is 154 Å². The van der Waals surface area contributed by atoms with Crippen LogP contribution in [-0.4, -0.2) is 53.7 Å². The summed E-state index contributed by atoms with van der Waals surface area (Å²) in [6.07, 6.45) is 6.24. The van der Waals surface area contributed by atoms with Crippen molar-refractivity contribution in [2.75, 3.05) is 23.4 Å². The highest BCUT2D eigenvalue weighted by Gasteiger charge is 2.27. The van der Waals surface area contributed by atoms with E-state index < -0.39 is 6.09 Å². The second-order valence-corrected chi connectivity index (χ2v) is 5.91. The third kappa shape index (κ3) is 3.52. The molecule has 0 bridgehead atoms. The summed E-state index contributed by atoms with van der Waals surface area (Å²) in [6, 6.07) is 1.62. The Kier molecular flexibility index (Phi) is 4.32. The topological polar surface area (TPSA) is 124 Å². The van der Waals surface area contributed by atoms with Crippen molar-refractivity contribution in [1.82, 2.24) is 34.5 Å². The van der Waals surface area contributed by atoms with Crippen LogP contribution in [0.2, 0.25) is 0 Å². The molecule has 0 radical (unpaired) electrons. The molecule has 4 rings (SSSR count). The number of nitrogens with one attached hydrogen (secondary N) is 1. The van der Waals surface area contributed by atoms with E-state index in [9.17, 15) is 4.79 Å². The van der Waals surface area contributed by atoms with Crippen LogP contribution >= 0.6 is 0 Å². The van der Waals surface area contributed by atoms with Crippen LogP contribution < -0.4 is 10.2 Å². The lowest BCUT2D eigenvalue weighted by atomic mass is 10.2. The number of aryl methyl sites for hydroxylation is 1. The van der Waals surface area contributed by atoms with Crippen molar-refractivity contribution < 1.29 is 9.53 Å². The van der Waals surface area contributed by atoms with Crippen molar-refractivity contribution in [3.63, 3.8) is 0 Å². The predicted molar refractivity (Wildman–Crippen MR) is 94.4 cm³/mol. The van der Waals surface area contributed by atoms with Gasteiger partial charge in [0.25, 0.3) is 0 Å². The van der Waals surface area contributed by atoms with Crippen LogP contribution in [0.15, 0.2) is 31.1 Å². The van der Waals surface area contributed by atoms with Crippen molar-refractivity contribution in [2.45, 2.75) is 19.9 Å². The van der Waals surface area contributed by atoms with Crippen LogP contribution in [0.1, 0.15) is 24.5 Å². The summed E-state index contributed by atoms with van der Waals surface area (Å²) in [5, 5.41) is 3.19. The average Bonchev–Trinajstić information content (AvgIpc) is 3.31. The predicted octanol–water partition coefficient (Wildman–Crippen LogP) is 1.29. The van der Waals surface area contributed by atoms with Gasteiger partial charge in [-0.15, -0.1) is 0 Å². The van der Waals surface area contributed by atoms with Crippen molar-refractivity contribution in [1.29, 1.82) is 0 Å². The number of cyclic esters (lactones) is 1. The number of ether oxygens (including phenoxy) is 1. The van der Waals surface area contributed by atoms with E-state index in [0.29, 0.717) is 24.9 Å². The van der Waals surface area contributed by atoms with Crippen molar-refractivity contribution in [2.24, 2.45) is 0 Å². The first-order valence-corrected chi connectivity index (χ1v) is 8.34. The lowest BCUT2D eigenvalue weighted by molar-refractivity contribution is 0.181. The molecule has 138 valence electrons. The van der Waals surface area contributed by atoms with Crippen molar-refractivity contribution >= 4 is 18.0 Å². The highest BCUT2D eigenvalue weighted by molar-refractivity contribution is 5.87. The van der Waals surface area contributed by atoms with Crippen LogP contribution in [0, 0.1) is 6.92 Å². The molecule has 0 saturated carbocycles. The maximum atomic E-state index is 11.7. The molecular weight excluding hydrogens is 350 g/mol. The van der Waals surface area contributed by atoms with Gasteiger partial charge in [0.2, 0.25) is 11.9 Å². The van der Waals surface area contributed by atoms with E-state index in [1.807, 2.05) is 13.1 Å². The summed E-state index contributed by atoms with van der Waals surface area (Å²) in [4.78, 5) is 38.5. The molecule has 0 aliphatic carbocycles. The Morgan fingerprint density at radius 3 is 2.89 bits per heavy atom. The minimum Gasteiger partial charge on any atom is -0.447 e. The molecule has 0 spiro atoms. The summed E-state index contributed by atoms with van der Waals surface area (Å²) < 4.78 is 6.74. The van der Waals surface area contributed by atoms with Gasteiger partial charge in [0.1, 0.15) is 30.9 Å². The van der Waals surface area contributed by atoms with Crippen LogP contribution in [0.5, 0.6) is 0 Å². The van der Waals surface area contributed by atoms with Gasteiger partial charge in [-0.2, -0.15) is 15.0 Å². The minimum atomic E-state index is -0.455. The Balaban J connectivity index is 1.53. The first-order chi connectivity index (χ1) is 13.1. The number of amides is 1. The molecule has 1 aliphatic heterocycles. The fourth-order valence-electron chi connectivity index (χ4n) is 2.62. The molecule has 0 unspecified atom stereocenters. The highest BCUT2D eigenvalue weighted by Crippen LogP contribution is 2.19. The maximum absolute atomic E-state index is 11.7. The first kappa shape index (κ1) is 16.8. The standard InChI is InChI=1S/C16H17N9O2/c1-10(12-7-24(9-19-12)13-3-4-17-8-18-13)20-14-21-11(2)22-15(23-14)25-5-6-27-16(25)26/h3-4,7-10H,5-6H2,1-2H3,(H,20,21,22,23)/t10-/m0/s1. The lowest BCUT2D eigenvalue weighted by Crippen LogP contribution is -2.26. The normalized spacial score (nSPS) is 14.9. The molecule has 11 heteroatoms. The number of hydrogen-bond acceptors (Lipinski definition) is 9. The molecule has 1 N–H and O–H groups in total. The number of aromatic nitrogens is 7. The number of anilines is 2. The van der Waals surface area contributed by atoms with Gasteiger partial charge in [-0.05, 0) is 19.9 Å². The smallest absolute Gasteiger partial charge is 0.416 e. The molecule has 1 aliphatic rings. The second-order valence-electron chi connectivity index (χ2n) is 5.91. The Morgan fingerprint density at radius 2 is 2.15 bits per heavy atom. The number of rotatable bonds is 5. The zero-order valence-electron chi connectivity index (χ0n) is 14.8. The third-order valence-electron chi connectivity index (χ3n) is 3.96. The third-order valence-corrected chi connectivity index (χ3v) is 3.96. The number of carbonyl (C=O) groups is 1. The van der Waals surface area contributed by atoms with E-state index in [4.69, 9.17) is 4.74 Å². The van der Waals surface area contributed by atoms with Gasteiger partial charge in [-0.3, -0.25) is 4.57 Å². The van der Waals surface area contributed by atoms with Gasteiger partial charge >= 0.3 is 6.09 Å². The number of nitrogens with zero attached hydrogens (tertiary/aromatic N) is 8. The number of carbonyl (C=O) groups excluding carboxylic acids is 1. The largest absolute Gasteiger partial charge is 0.447 e. The van der Waals surface area contributed by atoms with Gasteiger partial charge in [-0.25, -0.2) is 24.6 Å². The summed E-state index contributed by atoms with van der Waals surface area (Å²) in [5.41, 5.74) is 0.786. The van der Waals surface area contributed by atoms with E-state index in [0.717, 1.165) is 11.5 Å². The minimum absolute atomic E-state index is 0.173. The SMILES string of the molecule is Cc1nc(N[C@@H](C)c2cn(-c3ccncn3)cn2)nc(N2CCOC2=O)n1. The van der Waals surface area contributed by atoms with Gasteiger partial charge in [0, 0.05) is 12.4 Å². The monoisotopic (exact) mass is 367 g/mol. The fourth-order valence-corrected chi connectivity index (χ4v) is 2.62. The van der Waals surface area contributed by atoms with Gasteiger partial charge in [0.15, 0.2) is 0 Å². The molecule has 1 atom stereocenters. The first-order valence-electron chi connectivity index (χ1n) is 8.34. The summed E-state index contributed by atoms with van der Waals surface area (Å²) in [5.74, 6) is 1.86. The highest BCUT2D eigenvalue weighted by atomic mass is 16.6. The van der Waals surface area contributed by atoms with E-state index in [1.54, 1.807) is 30.1 Å². The number of imidazole rings is 1. The Hall–Kier alpha value is -3.63. The van der Waals surface area contributed by atoms with Gasteiger partial charge < -0.3 is 10.1 Å². The average molecular weight is 367 g/mol. The molecule has 4 heterocycles. The van der Waals surface area contributed by atoms with E-state index in [1.165, 1.54) is 11.2 Å². The van der Waals surface area contributed by atoms with Crippen LogP contribution in [0.4, 0.5) is 16.7 Å². The molecule has 3 aromatic rings. The molecule has 1 fully saturated rings. The van der Waals surface area contributed by atoms with E-state index in [-0.39, 0.29) is 12.0 Å². The summed E-state index contributed by atoms with van der Waals surface area (Å²) >= 11 is 0. The zero-order chi connectivity index (χ0) is 18.8. The molecule has 1 amide bonds. The summed E-state index contributed by atoms with van der Waals surface area (Å²) in [6.45, 7) is 4.42. The molecule has 11 nitrogen and oxygen atoms in total. The lowest BCUT2D eigenvalue weighted by Gasteiger charge is -2.15. The van der Waals surface area contributed by atoms with Crippen molar-refractivity contribution in [3.05, 3.63) is 42.6 Å². The molecule has 3 aromatic heterocycles. The van der Waals surface area contributed by atoms with Gasteiger partial charge in [0.05, 0.1) is 18.3 Å². The van der Waals surface area contributed by atoms with Crippen molar-refractivity contribution in [3.8, 4) is 5.82 Å². The molecular formula is C16H17N9O2. The van der Waals surface area contributed by atoms with Crippen LogP contribution in [0.3, 0.4) is 0 Å². The number of hydrogen-bond donors (Lipinski definition) is 1. The molecule has 1 saturated heterocycles. The quantitative estimate of drug-likeness (QED) is 0.710. The van der Waals surface area contributed by atoms with Crippen LogP contribution in [-0.2, 0) is 4.74 Å².